The van der Waals surface area contributed by atoms with E-state index in [0.29, 0.717) is 23.6 Å². The Hall–Kier alpha value is -2.38. The van der Waals surface area contributed by atoms with E-state index in [-0.39, 0.29) is 11.5 Å². The molecular formula is C18H20ClN5O2. The summed E-state index contributed by atoms with van der Waals surface area (Å²) >= 11 is 6.17. The molecule has 8 heteroatoms. The Balaban J connectivity index is 1.69. The van der Waals surface area contributed by atoms with Gasteiger partial charge >= 0.3 is 0 Å². The quantitative estimate of drug-likeness (QED) is 0.671. The van der Waals surface area contributed by atoms with E-state index >= 15 is 0 Å². The smallest absolute Gasteiger partial charge is 0.226 e. The van der Waals surface area contributed by atoms with E-state index in [0.717, 1.165) is 37.3 Å². The Morgan fingerprint density at radius 2 is 2.27 bits per heavy atom. The van der Waals surface area contributed by atoms with Gasteiger partial charge in [-0.2, -0.15) is 9.97 Å². The molecule has 0 radical (unpaired) electrons. The molecule has 0 saturated carbocycles. The first kappa shape index (κ1) is 17.1. The van der Waals surface area contributed by atoms with Crippen molar-refractivity contribution in [1.82, 2.24) is 19.5 Å². The summed E-state index contributed by atoms with van der Waals surface area (Å²) in [5, 5.41) is 3.44. The van der Waals surface area contributed by atoms with Gasteiger partial charge < -0.3 is 14.8 Å². The largest absolute Gasteiger partial charge is 0.494 e. The topological polar surface area (TPSA) is 74.1 Å². The highest BCUT2D eigenvalue weighted by atomic mass is 35.5. The van der Waals surface area contributed by atoms with Crippen molar-refractivity contribution in [3.05, 3.63) is 35.9 Å². The second-order valence-corrected chi connectivity index (χ2v) is 6.41. The molecule has 0 spiro atoms. The van der Waals surface area contributed by atoms with E-state index in [1.54, 1.807) is 6.33 Å². The van der Waals surface area contributed by atoms with Gasteiger partial charge in [0.25, 0.3) is 0 Å². The van der Waals surface area contributed by atoms with Crippen molar-refractivity contribution >= 4 is 34.3 Å². The van der Waals surface area contributed by atoms with Crippen LogP contribution in [0.5, 0.6) is 5.75 Å². The monoisotopic (exact) mass is 373 g/mol. The summed E-state index contributed by atoms with van der Waals surface area (Å²) in [4.78, 5) is 13.2. The maximum Gasteiger partial charge on any atom is 0.226 e. The van der Waals surface area contributed by atoms with Gasteiger partial charge in [-0.15, -0.1) is 0 Å². The SMILES string of the molecule is CCOc1cccc(Nc2nc(Cl)nc3c2ncn3C2CCCCO2)c1. The predicted molar refractivity (Wildman–Crippen MR) is 100 cm³/mol. The summed E-state index contributed by atoms with van der Waals surface area (Å²) in [5.74, 6) is 1.35. The molecule has 1 atom stereocenters. The molecule has 3 aromatic rings. The average Bonchev–Trinajstić information content (AvgIpc) is 3.07. The third-order valence-electron chi connectivity index (χ3n) is 4.27. The van der Waals surface area contributed by atoms with Crippen LogP contribution < -0.4 is 10.1 Å². The summed E-state index contributed by atoms with van der Waals surface area (Å²) in [5.41, 5.74) is 2.17. The van der Waals surface area contributed by atoms with Gasteiger partial charge in [0.1, 0.15) is 12.0 Å². The lowest BCUT2D eigenvalue weighted by Gasteiger charge is -2.23. The molecular weight excluding hydrogens is 354 g/mol. The maximum absolute atomic E-state index is 6.17. The third-order valence-corrected chi connectivity index (χ3v) is 4.44. The molecule has 1 saturated heterocycles. The fraction of sp³-hybridized carbons (Fsp3) is 0.389. The number of anilines is 2. The fourth-order valence-corrected chi connectivity index (χ4v) is 3.26. The number of rotatable bonds is 5. The van der Waals surface area contributed by atoms with Crippen molar-refractivity contribution in [1.29, 1.82) is 0 Å². The Morgan fingerprint density at radius 3 is 3.08 bits per heavy atom. The van der Waals surface area contributed by atoms with Gasteiger partial charge in [-0.1, -0.05) is 6.07 Å². The Morgan fingerprint density at radius 1 is 1.35 bits per heavy atom. The van der Waals surface area contributed by atoms with Gasteiger partial charge in [0.2, 0.25) is 5.28 Å². The minimum atomic E-state index is -0.0613. The number of ether oxygens (including phenoxy) is 2. The van der Waals surface area contributed by atoms with Crippen molar-refractivity contribution < 1.29 is 9.47 Å². The van der Waals surface area contributed by atoms with Crippen LogP contribution in [0.4, 0.5) is 11.5 Å². The van der Waals surface area contributed by atoms with E-state index in [2.05, 4.69) is 20.3 Å². The van der Waals surface area contributed by atoms with E-state index in [9.17, 15) is 0 Å². The van der Waals surface area contributed by atoms with E-state index < -0.39 is 0 Å². The van der Waals surface area contributed by atoms with E-state index in [4.69, 9.17) is 21.1 Å². The highest BCUT2D eigenvalue weighted by molar-refractivity contribution is 6.28. The molecule has 0 aliphatic carbocycles. The zero-order valence-electron chi connectivity index (χ0n) is 14.5. The number of hydrogen-bond acceptors (Lipinski definition) is 6. The highest BCUT2D eigenvalue weighted by Gasteiger charge is 2.21. The average molecular weight is 374 g/mol. The fourth-order valence-electron chi connectivity index (χ4n) is 3.10. The number of hydrogen-bond donors (Lipinski definition) is 1. The number of imidazole rings is 1. The van der Waals surface area contributed by atoms with Gasteiger partial charge in [-0.25, -0.2) is 4.98 Å². The molecule has 4 rings (SSSR count). The van der Waals surface area contributed by atoms with Crippen molar-refractivity contribution in [2.24, 2.45) is 0 Å². The van der Waals surface area contributed by atoms with Crippen LogP contribution in [0.15, 0.2) is 30.6 Å². The van der Waals surface area contributed by atoms with Crippen LogP contribution in [-0.4, -0.2) is 32.7 Å². The van der Waals surface area contributed by atoms with Crippen LogP contribution in [0.2, 0.25) is 5.28 Å². The van der Waals surface area contributed by atoms with Crippen LogP contribution >= 0.6 is 11.6 Å². The predicted octanol–water partition coefficient (Wildman–Crippen LogP) is 4.32. The molecule has 1 unspecified atom stereocenters. The molecule has 2 aromatic heterocycles. The van der Waals surface area contributed by atoms with Crippen LogP contribution in [0, 0.1) is 0 Å². The first-order chi connectivity index (χ1) is 12.7. The van der Waals surface area contributed by atoms with Crippen molar-refractivity contribution in [2.45, 2.75) is 32.4 Å². The number of aromatic nitrogens is 4. The van der Waals surface area contributed by atoms with Gasteiger partial charge in [-0.3, -0.25) is 4.57 Å². The van der Waals surface area contributed by atoms with Crippen LogP contribution in [0.1, 0.15) is 32.4 Å². The summed E-state index contributed by atoms with van der Waals surface area (Å²) < 4.78 is 13.3. The van der Waals surface area contributed by atoms with Gasteiger partial charge in [0.15, 0.2) is 17.0 Å². The standard InChI is InChI=1S/C18H20ClN5O2/c1-2-25-13-7-5-6-12(10-13)21-16-15-17(23-18(19)22-16)24(11-20-15)14-8-3-4-9-26-14/h5-7,10-11,14H,2-4,8-9H2,1H3,(H,21,22,23). The molecule has 7 nitrogen and oxygen atoms in total. The number of fused-ring (bicyclic) bond motifs is 1. The Labute approximate surface area is 156 Å². The van der Waals surface area contributed by atoms with Gasteiger partial charge in [-0.05, 0) is 49.9 Å². The first-order valence-corrected chi connectivity index (χ1v) is 9.14. The lowest BCUT2D eigenvalue weighted by molar-refractivity contribution is -0.0298. The van der Waals surface area contributed by atoms with Crippen molar-refractivity contribution in [3.8, 4) is 5.75 Å². The zero-order chi connectivity index (χ0) is 17.9. The molecule has 0 bridgehead atoms. The number of benzene rings is 1. The summed E-state index contributed by atoms with van der Waals surface area (Å²) in [6.07, 6.45) is 4.83. The lowest BCUT2D eigenvalue weighted by atomic mass is 10.2. The second kappa shape index (κ2) is 7.47. The van der Waals surface area contributed by atoms with Crippen LogP contribution in [0.25, 0.3) is 11.2 Å². The molecule has 0 amide bonds. The first-order valence-electron chi connectivity index (χ1n) is 8.76. The summed E-state index contributed by atoms with van der Waals surface area (Å²) in [7, 11) is 0. The Bertz CT molecular complexity index is 908. The van der Waals surface area contributed by atoms with Gasteiger partial charge in [0, 0.05) is 18.4 Å². The normalized spacial score (nSPS) is 17.4. The number of nitrogens with one attached hydrogen (secondary N) is 1. The molecule has 3 heterocycles. The second-order valence-electron chi connectivity index (χ2n) is 6.07. The molecule has 1 fully saturated rings. The molecule has 26 heavy (non-hydrogen) atoms. The minimum absolute atomic E-state index is 0.0613. The number of nitrogens with zero attached hydrogens (tertiary/aromatic N) is 4. The van der Waals surface area contributed by atoms with Crippen LogP contribution in [-0.2, 0) is 4.74 Å². The maximum atomic E-state index is 6.17. The lowest BCUT2D eigenvalue weighted by Crippen LogP contribution is -2.17. The minimum Gasteiger partial charge on any atom is -0.494 e. The molecule has 1 aliphatic heterocycles. The highest BCUT2D eigenvalue weighted by Crippen LogP contribution is 2.30. The molecule has 1 aliphatic rings. The van der Waals surface area contributed by atoms with Crippen molar-refractivity contribution in [2.75, 3.05) is 18.5 Å². The van der Waals surface area contributed by atoms with Gasteiger partial charge in [0.05, 0.1) is 12.9 Å². The molecule has 1 aromatic carbocycles. The van der Waals surface area contributed by atoms with Crippen LogP contribution in [0.3, 0.4) is 0 Å². The van der Waals surface area contributed by atoms with E-state index in [1.165, 1.54) is 0 Å². The molecule has 1 N–H and O–H groups in total. The van der Waals surface area contributed by atoms with E-state index in [1.807, 2.05) is 35.8 Å². The summed E-state index contributed by atoms with van der Waals surface area (Å²) in [6, 6.07) is 7.67. The van der Waals surface area contributed by atoms with Crippen molar-refractivity contribution in [3.63, 3.8) is 0 Å². The molecule has 136 valence electrons. The zero-order valence-corrected chi connectivity index (χ0v) is 15.2. The third kappa shape index (κ3) is 3.45. The number of halogens is 1. The summed E-state index contributed by atoms with van der Waals surface area (Å²) in [6.45, 7) is 3.31. The Kier molecular flexibility index (Phi) is 4.90.